The average molecular weight is 432 g/mol. The fourth-order valence-corrected chi connectivity index (χ4v) is 4.24. The number of benzene rings is 2. The second kappa shape index (κ2) is 8.62. The molecule has 2 N–H and O–H groups in total. The predicted molar refractivity (Wildman–Crippen MR) is 119 cm³/mol. The van der Waals surface area contributed by atoms with Gasteiger partial charge in [-0.2, -0.15) is 0 Å². The largest absolute Gasteiger partial charge is 0.493 e. The Kier molecular flexibility index (Phi) is 6.19. The van der Waals surface area contributed by atoms with Gasteiger partial charge in [-0.15, -0.1) is 0 Å². The third-order valence-electron chi connectivity index (χ3n) is 4.20. The molecule has 152 valence electrons. The van der Waals surface area contributed by atoms with Gasteiger partial charge in [-0.25, -0.2) is 4.98 Å². The Bertz CT molecular complexity index is 1070. The maximum absolute atomic E-state index is 12.6. The zero-order chi connectivity index (χ0) is 21.1. The number of thiocarbonyl (C=S) groups is 1. The van der Waals surface area contributed by atoms with Crippen molar-refractivity contribution in [2.75, 3.05) is 26.6 Å². The van der Waals surface area contributed by atoms with Crippen LogP contribution in [0.15, 0.2) is 24.3 Å². The molecule has 2 aromatic carbocycles. The number of carbonyl (C=O) groups excluding carboxylic acids is 1. The molecule has 1 aromatic heterocycles. The topological polar surface area (TPSA) is 81.7 Å². The van der Waals surface area contributed by atoms with Crippen molar-refractivity contribution < 1.29 is 19.0 Å². The molecule has 0 fully saturated rings. The molecule has 1 heterocycles. The summed E-state index contributed by atoms with van der Waals surface area (Å²) in [4.78, 5) is 17.2. The van der Waals surface area contributed by atoms with Crippen LogP contribution < -0.4 is 24.8 Å². The quantitative estimate of drug-likeness (QED) is 0.590. The lowest BCUT2D eigenvalue weighted by Gasteiger charge is -2.14. The first-order chi connectivity index (χ1) is 13.9. The summed E-state index contributed by atoms with van der Waals surface area (Å²) >= 11 is 6.76. The molecule has 1 amide bonds. The number of aromatic nitrogens is 1. The second-order valence-corrected chi connectivity index (χ2v) is 7.71. The SMILES string of the molecule is COc1cc(C(=O)NC(=S)Nc2nc3c(C)cc(C)cc3s2)cc(OC)c1OC. The smallest absolute Gasteiger partial charge is 0.257 e. The molecule has 3 rings (SSSR count). The van der Waals surface area contributed by atoms with Crippen LogP contribution in [0.25, 0.3) is 10.2 Å². The maximum Gasteiger partial charge on any atom is 0.257 e. The number of methoxy groups -OCH3 is 3. The molecular formula is C20H21N3O4S2. The van der Waals surface area contributed by atoms with Crippen LogP contribution in [0, 0.1) is 13.8 Å². The van der Waals surface area contributed by atoms with Gasteiger partial charge >= 0.3 is 0 Å². The van der Waals surface area contributed by atoms with E-state index in [-0.39, 0.29) is 5.11 Å². The number of amides is 1. The Morgan fingerprint density at radius 1 is 1.03 bits per heavy atom. The first kappa shape index (κ1) is 20.8. The number of thiazole rings is 1. The summed E-state index contributed by atoms with van der Waals surface area (Å²) in [6, 6.07) is 7.27. The monoisotopic (exact) mass is 431 g/mol. The van der Waals surface area contributed by atoms with E-state index < -0.39 is 5.91 Å². The maximum atomic E-state index is 12.6. The molecule has 0 aliphatic rings. The summed E-state index contributed by atoms with van der Waals surface area (Å²) in [6.45, 7) is 4.06. The van der Waals surface area contributed by atoms with E-state index in [0.29, 0.717) is 27.9 Å². The lowest BCUT2D eigenvalue weighted by molar-refractivity contribution is 0.0977. The van der Waals surface area contributed by atoms with Crippen LogP contribution in [0.3, 0.4) is 0 Å². The molecule has 0 spiro atoms. The van der Waals surface area contributed by atoms with Crippen molar-refractivity contribution in [1.29, 1.82) is 0 Å². The highest BCUT2D eigenvalue weighted by molar-refractivity contribution is 7.80. The molecule has 0 radical (unpaired) electrons. The van der Waals surface area contributed by atoms with Crippen LogP contribution in [0.2, 0.25) is 0 Å². The van der Waals surface area contributed by atoms with Crippen molar-refractivity contribution >= 4 is 49.9 Å². The number of nitrogens with one attached hydrogen (secondary N) is 2. The molecule has 0 saturated carbocycles. The number of carbonyl (C=O) groups is 1. The highest BCUT2D eigenvalue weighted by Crippen LogP contribution is 2.38. The molecule has 0 atom stereocenters. The Hall–Kier alpha value is -2.91. The number of ether oxygens (including phenoxy) is 3. The third-order valence-corrected chi connectivity index (χ3v) is 5.33. The van der Waals surface area contributed by atoms with E-state index in [1.54, 1.807) is 12.1 Å². The van der Waals surface area contributed by atoms with E-state index in [1.165, 1.54) is 38.2 Å². The fourth-order valence-electron chi connectivity index (χ4n) is 2.94. The summed E-state index contributed by atoms with van der Waals surface area (Å²) in [5.74, 6) is 0.767. The number of nitrogens with zero attached hydrogens (tertiary/aromatic N) is 1. The Morgan fingerprint density at radius 3 is 2.28 bits per heavy atom. The summed E-state index contributed by atoms with van der Waals surface area (Å²) in [5, 5.41) is 6.39. The van der Waals surface area contributed by atoms with E-state index in [2.05, 4.69) is 27.8 Å². The van der Waals surface area contributed by atoms with Crippen LogP contribution >= 0.6 is 23.6 Å². The van der Waals surface area contributed by atoms with Crippen LogP contribution in [0.1, 0.15) is 21.5 Å². The van der Waals surface area contributed by atoms with E-state index in [0.717, 1.165) is 15.8 Å². The van der Waals surface area contributed by atoms with Crippen molar-refractivity contribution in [3.63, 3.8) is 0 Å². The Morgan fingerprint density at radius 2 is 1.69 bits per heavy atom. The fraction of sp³-hybridized carbons (Fsp3) is 0.250. The van der Waals surface area contributed by atoms with Crippen molar-refractivity contribution in [3.8, 4) is 17.2 Å². The average Bonchev–Trinajstić information content (AvgIpc) is 3.08. The molecule has 0 saturated heterocycles. The number of aryl methyl sites for hydroxylation is 2. The van der Waals surface area contributed by atoms with Crippen LogP contribution in [0.5, 0.6) is 17.2 Å². The van der Waals surface area contributed by atoms with Crippen molar-refractivity contribution in [2.45, 2.75) is 13.8 Å². The lowest BCUT2D eigenvalue weighted by atomic mass is 10.1. The molecule has 29 heavy (non-hydrogen) atoms. The van der Waals surface area contributed by atoms with Gasteiger partial charge in [0.2, 0.25) is 5.75 Å². The number of hydrogen-bond acceptors (Lipinski definition) is 7. The van der Waals surface area contributed by atoms with Crippen LogP contribution in [-0.4, -0.2) is 37.3 Å². The highest BCUT2D eigenvalue weighted by atomic mass is 32.1. The van der Waals surface area contributed by atoms with Gasteiger partial charge < -0.3 is 19.5 Å². The first-order valence-electron chi connectivity index (χ1n) is 8.66. The van der Waals surface area contributed by atoms with Gasteiger partial charge in [0, 0.05) is 5.56 Å². The third kappa shape index (κ3) is 4.41. The Balaban J connectivity index is 1.77. The number of anilines is 1. The second-order valence-electron chi connectivity index (χ2n) is 6.27. The molecule has 3 aromatic rings. The normalized spacial score (nSPS) is 10.5. The van der Waals surface area contributed by atoms with Gasteiger partial charge in [0.15, 0.2) is 21.7 Å². The summed E-state index contributed by atoms with van der Waals surface area (Å²) < 4.78 is 16.9. The number of hydrogen-bond donors (Lipinski definition) is 2. The molecule has 9 heteroatoms. The van der Waals surface area contributed by atoms with Gasteiger partial charge in [-0.05, 0) is 55.4 Å². The zero-order valence-electron chi connectivity index (χ0n) is 16.7. The van der Waals surface area contributed by atoms with E-state index in [9.17, 15) is 4.79 Å². The minimum absolute atomic E-state index is 0.150. The predicted octanol–water partition coefficient (Wildman–Crippen LogP) is 4.07. The first-order valence-corrected chi connectivity index (χ1v) is 9.88. The standard InChI is InChI=1S/C20H21N3O4S2/c1-10-6-11(2)16-15(7-10)29-20(21-16)23-19(28)22-18(24)12-8-13(25-3)17(27-5)14(9-12)26-4/h6-9H,1-5H3,(H2,21,22,23,24,28). The minimum Gasteiger partial charge on any atom is -0.493 e. The molecule has 0 aliphatic carbocycles. The van der Waals surface area contributed by atoms with Crippen LogP contribution in [-0.2, 0) is 0 Å². The van der Waals surface area contributed by atoms with E-state index in [1.807, 2.05) is 13.8 Å². The minimum atomic E-state index is -0.408. The van der Waals surface area contributed by atoms with E-state index in [4.69, 9.17) is 26.4 Å². The molecular weight excluding hydrogens is 410 g/mol. The van der Waals surface area contributed by atoms with Gasteiger partial charge in [-0.1, -0.05) is 17.4 Å². The highest BCUT2D eigenvalue weighted by Gasteiger charge is 2.18. The molecule has 7 nitrogen and oxygen atoms in total. The van der Waals surface area contributed by atoms with Gasteiger partial charge in [-0.3, -0.25) is 10.1 Å². The summed E-state index contributed by atoms with van der Waals surface area (Å²) in [6.07, 6.45) is 0. The number of fused-ring (bicyclic) bond motifs is 1. The van der Waals surface area contributed by atoms with Crippen molar-refractivity contribution in [1.82, 2.24) is 10.3 Å². The van der Waals surface area contributed by atoms with Crippen LogP contribution in [0.4, 0.5) is 5.13 Å². The summed E-state index contributed by atoms with van der Waals surface area (Å²) in [5.41, 5.74) is 3.50. The molecule has 0 bridgehead atoms. The van der Waals surface area contributed by atoms with E-state index >= 15 is 0 Å². The summed E-state index contributed by atoms with van der Waals surface area (Å²) in [7, 11) is 4.48. The number of rotatable bonds is 5. The van der Waals surface area contributed by atoms with Gasteiger partial charge in [0.25, 0.3) is 5.91 Å². The van der Waals surface area contributed by atoms with Gasteiger partial charge in [0.1, 0.15) is 0 Å². The zero-order valence-corrected chi connectivity index (χ0v) is 18.3. The Labute approximate surface area is 178 Å². The molecule has 0 aliphatic heterocycles. The van der Waals surface area contributed by atoms with Gasteiger partial charge in [0.05, 0.1) is 31.5 Å². The molecule has 0 unspecified atom stereocenters. The lowest BCUT2D eigenvalue weighted by Crippen LogP contribution is -2.34. The van der Waals surface area contributed by atoms with Crippen molar-refractivity contribution in [2.24, 2.45) is 0 Å². The van der Waals surface area contributed by atoms with Crippen molar-refractivity contribution in [3.05, 3.63) is 41.0 Å².